The third-order valence-electron chi connectivity index (χ3n) is 8.95. The molecular weight excluding hydrogens is 510 g/mol. The molecule has 4 atom stereocenters. The summed E-state index contributed by atoms with van der Waals surface area (Å²) in [5.74, 6) is 0.533. The number of aliphatic hydroxyl groups excluding tert-OH is 2. The van der Waals surface area contributed by atoms with Crippen molar-refractivity contribution in [3.63, 3.8) is 0 Å². The van der Waals surface area contributed by atoms with Crippen LogP contribution in [0.4, 0.5) is 0 Å². The molecule has 1 fully saturated rings. The minimum Gasteiger partial charge on any atom is -0.508 e. The lowest BCUT2D eigenvalue weighted by molar-refractivity contribution is -0.153. The fraction of sp³-hybridized carbons (Fsp3) is 0.469. The largest absolute Gasteiger partial charge is 0.508 e. The maximum atomic E-state index is 14.1. The van der Waals surface area contributed by atoms with Crippen LogP contribution in [0.15, 0.2) is 34.6 Å². The van der Waals surface area contributed by atoms with Crippen molar-refractivity contribution in [3.8, 4) is 17.6 Å². The van der Waals surface area contributed by atoms with Gasteiger partial charge in [-0.3, -0.25) is 19.3 Å². The SMILES string of the molecule is CCc1cc(C#CC2=CCCCC2)c(O)c2c1CC1CC3C(N(C)C)C(=O)C(C(C)=O)=C(O)C3(O)C(=O)C1=C2O. The van der Waals surface area contributed by atoms with Crippen LogP contribution in [-0.2, 0) is 27.2 Å². The minimum atomic E-state index is -2.57. The van der Waals surface area contributed by atoms with Gasteiger partial charge in [-0.15, -0.1) is 0 Å². The number of aryl methyl sites for hydroxylation is 1. The van der Waals surface area contributed by atoms with Gasteiger partial charge in [0, 0.05) is 11.5 Å². The molecule has 1 aromatic carbocycles. The molecule has 0 aromatic heterocycles. The van der Waals surface area contributed by atoms with Crippen molar-refractivity contribution in [2.24, 2.45) is 11.8 Å². The second-order valence-electron chi connectivity index (χ2n) is 11.5. The van der Waals surface area contributed by atoms with Crippen LogP contribution in [0.25, 0.3) is 5.76 Å². The second kappa shape index (κ2) is 10.1. The Bertz CT molecular complexity index is 1500. The van der Waals surface area contributed by atoms with Gasteiger partial charge in [-0.2, -0.15) is 0 Å². The Balaban J connectivity index is 1.69. The van der Waals surface area contributed by atoms with Crippen LogP contribution in [-0.4, -0.2) is 68.4 Å². The number of hydrogen-bond acceptors (Lipinski definition) is 8. The fourth-order valence-electron chi connectivity index (χ4n) is 7.00. The van der Waals surface area contributed by atoms with Crippen LogP contribution >= 0.6 is 0 Å². The summed E-state index contributed by atoms with van der Waals surface area (Å²) in [5.41, 5.74) is -0.283. The number of carbonyl (C=O) groups is 3. The summed E-state index contributed by atoms with van der Waals surface area (Å²) in [7, 11) is 3.23. The summed E-state index contributed by atoms with van der Waals surface area (Å²) in [6.07, 6.45) is 7.12. The molecule has 4 aliphatic carbocycles. The lowest BCUT2D eigenvalue weighted by Gasteiger charge is -2.50. The molecular formula is C32H35NO7. The van der Waals surface area contributed by atoms with Gasteiger partial charge in [0.1, 0.15) is 22.8 Å². The number of benzene rings is 1. The molecule has 1 aromatic rings. The van der Waals surface area contributed by atoms with Crippen molar-refractivity contribution in [1.82, 2.24) is 4.90 Å². The molecule has 4 N–H and O–H groups in total. The van der Waals surface area contributed by atoms with E-state index in [0.717, 1.165) is 43.7 Å². The van der Waals surface area contributed by atoms with Crippen molar-refractivity contribution in [1.29, 1.82) is 0 Å². The molecule has 0 amide bonds. The highest BCUT2D eigenvalue weighted by Crippen LogP contribution is 2.53. The summed E-state index contributed by atoms with van der Waals surface area (Å²) < 4.78 is 0. The first-order valence-electron chi connectivity index (χ1n) is 13.9. The number of carbonyl (C=O) groups excluding carboxylic acids is 3. The summed E-state index contributed by atoms with van der Waals surface area (Å²) in [6, 6.07) is 0.796. The number of allylic oxidation sites excluding steroid dienone is 2. The molecule has 0 radical (unpaired) electrons. The van der Waals surface area contributed by atoms with Gasteiger partial charge in [0.15, 0.2) is 17.2 Å². The fourth-order valence-corrected chi connectivity index (χ4v) is 7.00. The number of hydrogen-bond donors (Lipinski definition) is 4. The Labute approximate surface area is 233 Å². The molecule has 4 unspecified atom stereocenters. The predicted octanol–water partition coefficient (Wildman–Crippen LogP) is 3.48. The first-order valence-corrected chi connectivity index (χ1v) is 13.9. The highest BCUT2D eigenvalue weighted by Gasteiger charge is 2.64. The normalized spacial score (nSPS) is 27.9. The molecule has 8 nitrogen and oxygen atoms in total. The highest BCUT2D eigenvalue weighted by molar-refractivity contribution is 6.25. The molecule has 4 aliphatic rings. The van der Waals surface area contributed by atoms with E-state index < -0.39 is 57.9 Å². The number of nitrogens with zero attached hydrogens (tertiary/aromatic N) is 1. The van der Waals surface area contributed by atoms with Gasteiger partial charge in [0.25, 0.3) is 0 Å². The van der Waals surface area contributed by atoms with E-state index in [1.165, 1.54) is 0 Å². The number of Topliss-reactive ketones (excluding diaryl/α,β-unsaturated/α-hetero) is 3. The topological polar surface area (TPSA) is 135 Å². The van der Waals surface area contributed by atoms with Crippen LogP contribution in [0.2, 0.25) is 0 Å². The maximum Gasteiger partial charge on any atom is 0.202 e. The molecule has 0 bridgehead atoms. The second-order valence-corrected chi connectivity index (χ2v) is 11.5. The van der Waals surface area contributed by atoms with E-state index in [4.69, 9.17) is 0 Å². The van der Waals surface area contributed by atoms with Crippen molar-refractivity contribution in [2.75, 3.05) is 14.1 Å². The number of phenolic OH excluding ortho intramolecular Hbond substituents is 1. The standard InChI is InChI=1S/C32H35NO7/c1-5-18-13-19(12-11-17-9-7-6-8-10-17)27(35)25-21(18)14-20-15-22-26(33(3)4)29(37)23(16(2)34)30(38)32(22,40)31(39)24(20)28(25)36/h9,13,20,22,26,35-36,38,40H,5-8,10,14-15H2,1-4H3. The molecule has 0 heterocycles. The van der Waals surface area contributed by atoms with Crippen LogP contribution in [0.5, 0.6) is 5.75 Å². The van der Waals surface area contributed by atoms with Crippen LogP contribution in [0.1, 0.15) is 68.2 Å². The zero-order valence-corrected chi connectivity index (χ0v) is 23.3. The average Bonchev–Trinajstić information content (AvgIpc) is 2.90. The molecule has 1 saturated carbocycles. The Morgan fingerprint density at radius 1 is 1.15 bits per heavy atom. The van der Waals surface area contributed by atoms with Gasteiger partial charge in [-0.1, -0.05) is 24.8 Å². The number of likely N-dealkylation sites (N-methyl/N-ethyl adjacent to an activating group) is 1. The third-order valence-corrected chi connectivity index (χ3v) is 8.95. The van der Waals surface area contributed by atoms with Crippen molar-refractivity contribution in [2.45, 2.75) is 70.4 Å². The lowest BCUT2D eigenvalue weighted by atomic mass is 9.57. The smallest absolute Gasteiger partial charge is 0.202 e. The monoisotopic (exact) mass is 545 g/mol. The number of ketones is 3. The summed E-state index contributed by atoms with van der Waals surface area (Å²) >= 11 is 0. The van der Waals surface area contributed by atoms with E-state index in [-0.39, 0.29) is 23.3 Å². The van der Waals surface area contributed by atoms with Gasteiger partial charge in [0.05, 0.1) is 17.2 Å². The number of phenols is 1. The van der Waals surface area contributed by atoms with E-state index in [0.29, 0.717) is 24.0 Å². The minimum absolute atomic E-state index is 0.102. The van der Waals surface area contributed by atoms with Crippen LogP contribution in [0.3, 0.4) is 0 Å². The van der Waals surface area contributed by atoms with E-state index >= 15 is 0 Å². The molecule has 210 valence electrons. The Morgan fingerprint density at radius 2 is 1.88 bits per heavy atom. The summed E-state index contributed by atoms with van der Waals surface area (Å²) in [4.78, 5) is 41.2. The highest BCUT2D eigenvalue weighted by atomic mass is 16.3. The van der Waals surface area contributed by atoms with Crippen molar-refractivity contribution < 1.29 is 34.8 Å². The molecule has 8 heteroatoms. The molecule has 5 rings (SSSR count). The lowest BCUT2D eigenvalue weighted by Crippen LogP contribution is -2.65. The predicted molar refractivity (Wildman–Crippen MR) is 149 cm³/mol. The Kier molecular flexibility index (Phi) is 7.01. The molecule has 0 spiro atoms. The maximum absolute atomic E-state index is 14.1. The molecule has 0 saturated heterocycles. The number of aliphatic hydroxyl groups is 3. The van der Waals surface area contributed by atoms with Crippen molar-refractivity contribution >= 4 is 23.1 Å². The Hall–Kier alpha value is -3.67. The van der Waals surface area contributed by atoms with Gasteiger partial charge in [0.2, 0.25) is 5.78 Å². The van der Waals surface area contributed by atoms with E-state index in [1.807, 2.05) is 13.0 Å². The summed E-state index contributed by atoms with van der Waals surface area (Å²) in [5, 5.41) is 45.7. The van der Waals surface area contributed by atoms with Crippen LogP contribution in [0, 0.1) is 23.7 Å². The van der Waals surface area contributed by atoms with Crippen LogP contribution < -0.4 is 0 Å². The third kappa shape index (κ3) is 4.03. The molecule has 40 heavy (non-hydrogen) atoms. The Morgan fingerprint density at radius 3 is 2.48 bits per heavy atom. The van der Waals surface area contributed by atoms with E-state index in [2.05, 4.69) is 17.9 Å². The van der Waals surface area contributed by atoms with Gasteiger partial charge >= 0.3 is 0 Å². The number of rotatable bonds is 3. The zero-order chi connectivity index (χ0) is 29.1. The van der Waals surface area contributed by atoms with E-state index in [9.17, 15) is 34.8 Å². The number of aromatic hydroxyl groups is 1. The average molecular weight is 546 g/mol. The first-order chi connectivity index (χ1) is 18.9. The van der Waals surface area contributed by atoms with Crippen molar-refractivity contribution in [3.05, 3.63) is 56.9 Å². The van der Waals surface area contributed by atoms with Gasteiger partial charge in [-0.05, 0) is 94.6 Å². The van der Waals surface area contributed by atoms with Gasteiger partial charge < -0.3 is 20.4 Å². The summed E-state index contributed by atoms with van der Waals surface area (Å²) in [6.45, 7) is 3.06. The van der Waals surface area contributed by atoms with Gasteiger partial charge in [-0.25, -0.2) is 0 Å². The zero-order valence-electron chi connectivity index (χ0n) is 23.3. The first kappa shape index (κ1) is 27.9. The number of fused-ring (bicyclic) bond motifs is 3. The van der Waals surface area contributed by atoms with E-state index in [1.54, 1.807) is 19.0 Å². The molecule has 0 aliphatic heterocycles. The quantitative estimate of drug-likeness (QED) is 0.335.